The van der Waals surface area contributed by atoms with E-state index in [1.807, 2.05) is 0 Å². The maximum absolute atomic E-state index is 13.7. The van der Waals surface area contributed by atoms with Gasteiger partial charge in [0.1, 0.15) is 21.5 Å². The van der Waals surface area contributed by atoms with Gasteiger partial charge in [-0.15, -0.1) is 10.2 Å². The molecule has 0 aliphatic carbocycles. The fourth-order valence-corrected chi connectivity index (χ4v) is 3.93. The Bertz CT molecular complexity index is 1160. The Balaban J connectivity index is 1.61. The molecule has 0 saturated heterocycles. The maximum atomic E-state index is 13.7. The van der Waals surface area contributed by atoms with Gasteiger partial charge < -0.3 is 20.3 Å². The van der Waals surface area contributed by atoms with E-state index in [-0.39, 0.29) is 47.4 Å². The fourth-order valence-electron chi connectivity index (χ4n) is 3.04. The number of rotatable bonds is 10. The lowest BCUT2D eigenvalue weighted by atomic mass is 10.1. The minimum absolute atomic E-state index is 0.0607. The van der Waals surface area contributed by atoms with Crippen molar-refractivity contribution in [3.8, 4) is 22.1 Å². The quantitative estimate of drug-likeness (QED) is 0.258. The molecule has 0 saturated carbocycles. The third kappa shape index (κ3) is 6.86. The molecule has 1 aromatic heterocycles. The second-order valence-electron chi connectivity index (χ2n) is 8.09. The Morgan fingerprint density at radius 1 is 0.861 bits per heavy atom. The predicted molar refractivity (Wildman–Crippen MR) is 121 cm³/mol. The maximum Gasteiger partial charge on any atom is 0.419 e. The number of halogens is 6. The summed E-state index contributed by atoms with van der Waals surface area (Å²) in [6.45, 7) is 0.949. The number of aliphatic hydroxyl groups excluding tert-OH is 1. The molecular formula is C23H23F6N3O3S. The van der Waals surface area contributed by atoms with Crippen LogP contribution in [0.15, 0.2) is 42.5 Å². The molecule has 196 valence electrons. The molecule has 1 atom stereocenters. The van der Waals surface area contributed by atoms with Crippen LogP contribution in [0.5, 0.6) is 11.5 Å². The van der Waals surface area contributed by atoms with Crippen molar-refractivity contribution >= 4 is 11.3 Å². The largest absolute Gasteiger partial charge is 0.493 e. The lowest BCUT2D eigenvalue weighted by molar-refractivity contribution is -0.139. The summed E-state index contributed by atoms with van der Waals surface area (Å²) in [5.41, 5.74) is 2.97. The number of aromatic nitrogens is 2. The molecule has 13 heteroatoms. The molecule has 0 amide bonds. The molecule has 1 unspecified atom stereocenters. The second kappa shape index (κ2) is 11.0. The molecule has 0 aliphatic rings. The Morgan fingerprint density at radius 3 is 2.03 bits per heavy atom. The van der Waals surface area contributed by atoms with E-state index in [1.54, 1.807) is 0 Å². The van der Waals surface area contributed by atoms with Crippen LogP contribution in [0, 0.1) is 0 Å². The Labute approximate surface area is 206 Å². The summed E-state index contributed by atoms with van der Waals surface area (Å²) in [7, 11) is 0. The van der Waals surface area contributed by atoms with E-state index in [2.05, 4.69) is 10.2 Å². The fraction of sp³-hybridized carbons (Fsp3) is 0.391. The molecule has 0 bridgehead atoms. The van der Waals surface area contributed by atoms with E-state index in [1.165, 1.54) is 37.3 Å². The number of nitrogens with two attached hydrogens (primary N) is 1. The van der Waals surface area contributed by atoms with Crippen molar-refractivity contribution in [1.29, 1.82) is 0 Å². The minimum atomic E-state index is -4.71. The Hall–Kier alpha value is -2.90. The van der Waals surface area contributed by atoms with Crippen LogP contribution < -0.4 is 15.2 Å². The third-order valence-corrected chi connectivity index (χ3v) is 6.27. The molecule has 0 radical (unpaired) electrons. The number of ether oxygens (including phenoxy) is 2. The van der Waals surface area contributed by atoms with Gasteiger partial charge in [-0.05, 0) is 50.1 Å². The smallest absolute Gasteiger partial charge is 0.419 e. The molecule has 3 rings (SSSR count). The molecular weight excluding hydrogens is 512 g/mol. The number of benzene rings is 2. The van der Waals surface area contributed by atoms with Crippen LogP contribution in [0.2, 0.25) is 0 Å². The van der Waals surface area contributed by atoms with E-state index in [9.17, 15) is 31.4 Å². The zero-order valence-electron chi connectivity index (χ0n) is 19.0. The molecule has 36 heavy (non-hydrogen) atoms. The topological polar surface area (TPSA) is 90.5 Å². The number of hydrogen-bond donors (Lipinski definition) is 2. The standard InChI is InChI=1S/C23H23F6N3O3S/c1-21(30,13-33)20-32-31-19(36-20)14-8-9-18(16(12-14)23(27,28)29)35-11-5-4-10-34-17-7-3-2-6-15(17)22(24,25)26/h2-3,6-9,12,33H,4-5,10-11,13,30H2,1H3. The van der Waals surface area contributed by atoms with Gasteiger partial charge in [0.25, 0.3) is 0 Å². The van der Waals surface area contributed by atoms with Crippen molar-refractivity contribution < 1.29 is 40.9 Å². The van der Waals surface area contributed by atoms with Crippen molar-refractivity contribution in [1.82, 2.24) is 10.2 Å². The first-order chi connectivity index (χ1) is 16.8. The normalized spacial score (nSPS) is 13.9. The van der Waals surface area contributed by atoms with Crippen molar-refractivity contribution in [3.05, 3.63) is 58.6 Å². The van der Waals surface area contributed by atoms with Crippen molar-refractivity contribution in [3.63, 3.8) is 0 Å². The van der Waals surface area contributed by atoms with Gasteiger partial charge in [-0.2, -0.15) is 26.3 Å². The van der Waals surface area contributed by atoms with Crippen LogP contribution in [-0.2, 0) is 17.9 Å². The summed E-state index contributed by atoms with van der Waals surface area (Å²) >= 11 is 0.971. The zero-order chi connectivity index (χ0) is 26.6. The highest BCUT2D eigenvalue weighted by Gasteiger charge is 2.36. The number of para-hydroxylation sites is 1. The van der Waals surface area contributed by atoms with Crippen LogP contribution in [0.1, 0.15) is 35.9 Å². The molecule has 3 aromatic rings. The Kier molecular flexibility index (Phi) is 8.47. The molecule has 3 N–H and O–H groups in total. The molecule has 0 fully saturated rings. The number of hydrogen-bond acceptors (Lipinski definition) is 7. The lowest BCUT2D eigenvalue weighted by Crippen LogP contribution is -2.36. The van der Waals surface area contributed by atoms with Crippen molar-refractivity contribution in [2.75, 3.05) is 19.8 Å². The lowest BCUT2D eigenvalue weighted by Gasteiger charge is -2.17. The summed E-state index contributed by atoms with van der Waals surface area (Å²) in [4.78, 5) is 0. The molecule has 2 aromatic carbocycles. The number of nitrogens with zero attached hydrogens (tertiary/aromatic N) is 2. The van der Waals surface area contributed by atoms with Crippen LogP contribution >= 0.6 is 11.3 Å². The average Bonchev–Trinajstić information content (AvgIpc) is 3.32. The van der Waals surface area contributed by atoms with E-state index in [0.29, 0.717) is 0 Å². The highest BCUT2D eigenvalue weighted by atomic mass is 32.1. The van der Waals surface area contributed by atoms with Crippen molar-refractivity contribution in [2.24, 2.45) is 5.73 Å². The van der Waals surface area contributed by atoms with Crippen LogP contribution in [0.3, 0.4) is 0 Å². The molecule has 6 nitrogen and oxygen atoms in total. The SMILES string of the molecule is CC(N)(CO)c1nnc(-c2ccc(OCCCCOc3ccccc3C(F)(F)F)c(C(F)(F)F)c2)s1. The Morgan fingerprint density at radius 2 is 1.44 bits per heavy atom. The van der Waals surface area contributed by atoms with E-state index < -0.39 is 41.4 Å². The first-order valence-electron chi connectivity index (χ1n) is 10.7. The van der Waals surface area contributed by atoms with Gasteiger partial charge in [-0.25, -0.2) is 0 Å². The molecule has 1 heterocycles. The summed E-state index contributed by atoms with van der Waals surface area (Å²) in [5, 5.41) is 17.6. The van der Waals surface area contributed by atoms with Crippen molar-refractivity contribution in [2.45, 2.75) is 37.7 Å². The first kappa shape index (κ1) is 27.7. The van der Waals surface area contributed by atoms with E-state index >= 15 is 0 Å². The van der Waals surface area contributed by atoms with Gasteiger partial charge in [0, 0.05) is 5.56 Å². The summed E-state index contributed by atoms with van der Waals surface area (Å²) < 4.78 is 90.5. The average molecular weight is 536 g/mol. The molecule has 0 aliphatic heterocycles. The van der Waals surface area contributed by atoms with E-state index in [4.69, 9.17) is 15.2 Å². The minimum Gasteiger partial charge on any atom is -0.493 e. The van der Waals surface area contributed by atoms with Gasteiger partial charge in [0.15, 0.2) is 0 Å². The second-order valence-corrected chi connectivity index (χ2v) is 9.07. The molecule has 0 spiro atoms. The highest BCUT2D eigenvalue weighted by Crippen LogP contribution is 2.40. The van der Waals surface area contributed by atoms with Gasteiger partial charge in [0.05, 0.1) is 36.5 Å². The zero-order valence-corrected chi connectivity index (χ0v) is 19.8. The first-order valence-corrected chi connectivity index (χ1v) is 11.5. The summed E-state index contributed by atoms with van der Waals surface area (Å²) in [5.74, 6) is -0.701. The highest BCUT2D eigenvalue weighted by molar-refractivity contribution is 7.14. The van der Waals surface area contributed by atoms with Gasteiger partial charge in [0.2, 0.25) is 0 Å². The predicted octanol–water partition coefficient (Wildman–Crippen LogP) is 5.65. The third-order valence-electron chi connectivity index (χ3n) is 5.02. The monoisotopic (exact) mass is 535 g/mol. The summed E-state index contributed by atoms with van der Waals surface area (Å²) in [6.07, 6.45) is -8.75. The van der Waals surface area contributed by atoms with Gasteiger partial charge in [-0.3, -0.25) is 0 Å². The van der Waals surface area contributed by atoms with Crippen LogP contribution in [0.25, 0.3) is 10.6 Å². The van der Waals surface area contributed by atoms with E-state index in [0.717, 1.165) is 23.5 Å². The van der Waals surface area contributed by atoms with Gasteiger partial charge in [-0.1, -0.05) is 23.5 Å². The summed E-state index contributed by atoms with van der Waals surface area (Å²) in [6, 6.07) is 8.24. The number of aliphatic hydroxyl groups is 1. The van der Waals surface area contributed by atoms with Crippen LogP contribution in [0.4, 0.5) is 26.3 Å². The van der Waals surface area contributed by atoms with Gasteiger partial charge >= 0.3 is 12.4 Å². The number of alkyl halides is 6. The number of unbranched alkanes of at least 4 members (excludes halogenated alkanes) is 1. The van der Waals surface area contributed by atoms with Crippen LogP contribution in [-0.4, -0.2) is 35.1 Å².